The average molecular weight is 414 g/mol. The fraction of sp³-hybridized carbons (Fsp3) is 0.474. The van der Waals surface area contributed by atoms with Crippen LogP contribution in [0.5, 0.6) is 11.5 Å². The highest BCUT2D eigenvalue weighted by atomic mass is 32.2. The number of nitrogens with zero attached hydrogens (tertiary/aromatic N) is 1. The summed E-state index contributed by atoms with van der Waals surface area (Å²) in [7, 11) is 1.34. The summed E-state index contributed by atoms with van der Waals surface area (Å²) in [5.41, 5.74) is 0.583. The zero-order chi connectivity index (χ0) is 20.7. The van der Waals surface area contributed by atoms with Crippen molar-refractivity contribution < 1.29 is 27.8 Å². The maximum atomic E-state index is 12.5. The highest BCUT2D eigenvalue weighted by Gasteiger charge is 2.33. The quantitative estimate of drug-likeness (QED) is 0.662. The van der Waals surface area contributed by atoms with E-state index in [2.05, 4.69) is 10.1 Å². The van der Waals surface area contributed by atoms with Gasteiger partial charge in [0.1, 0.15) is 6.04 Å². The minimum atomic E-state index is -2.96. The molecule has 0 aromatic heterocycles. The number of benzene rings is 1. The van der Waals surface area contributed by atoms with Crippen molar-refractivity contribution in [1.29, 1.82) is 0 Å². The molecule has 2 rings (SSSR count). The number of carbonyl (C=O) groups excluding carboxylic acids is 2. The van der Waals surface area contributed by atoms with Crippen molar-refractivity contribution in [2.75, 3.05) is 18.7 Å². The van der Waals surface area contributed by atoms with Crippen LogP contribution in [0.2, 0.25) is 0 Å². The van der Waals surface area contributed by atoms with Gasteiger partial charge in [-0.3, -0.25) is 9.59 Å². The molecule has 0 aliphatic carbocycles. The molecule has 1 heterocycles. The lowest BCUT2D eigenvalue weighted by Crippen LogP contribution is -2.48. The second-order valence-electron chi connectivity index (χ2n) is 6.26. The first kappa shape index (κ1) is 22.0. The molecule has 1 N–H and O–H groups in total. The van der Waals surface area contributed by atoms with Gasteiger partial charge in [0.25, 0.3) is 0 Å². The first-order valence-electron chi connectivity index (χ1n) is 8.85. The predicted molar refractivity (Wildman–Crippen MR) is 105 cm³/mol. The molecule has 1 aliphatic rings. The number of alkyl halides is 2. The third-order valence-corrected chi connectivity index (χ3v) is 5.30. The summed E-state index contributed by atoms with van der Waals surface area (Å²) in [6.07, 6.45) is 3.72. The van der Waals surface area contributed by atoms with Gasteiger partial charge in [-0.1, -0.05) is 13.0 Å². The van der Waals surface area contributed by atoms with Gasteiger partial charge in [-0.2, -0.15) is 8.78 Å². The molecule has 28 heavy (non-hydrogen) atoms. The summed E-state index contributed by atoms with van der Waals surface area (Å²) in [6, 6.07) is 3.92. The van der Waals surface area contributed by atoms with E-state index in [0.29, 0.717) is 17.2 Å². The largest absolute Gasteiger partial charge is 0.493 e. The highest BCUT2D eigenvalue weighted by Crippen LogP contribution is 2.30. The number of hydrogen-bond donors (Lipinski definition) is 1. The van der Waals surface area contributed by atoms with Crippen LogP contribution in [-0.4, -0.2) is 54.1 Å². The minimum Gasteiger partial charge on any atom is -0.493 e. The zero-order valence-electron chi connectivity index (χ0n) is 16.0. The Kier molecular flexibility index (Phi) is 8.10. The van der Waals surface area contributed by atoms with E-state index < -0.39 is 12.7 Å². The molecule has 6 nitrogen and oxygen atoms in total. The van der Waals surface area contributed by atoms with Crippen molar-refractivity contribution in [1.82, 2.24) is 10.2 Å². The highest BCUT2D eigenvalue weighted by molar-refractivity contribution is 7.99. The second kappa shape index (κ2) is 10.3. The summed E-state index contributed by atoms with van der Waals surface area (Å²) in [6.45, 7) is 0.940. The molecule has 1 aromatic carbocycles. The van der Waals surface area contributed by atoms with E-state index in [-0.39, 0.29) is 29.4 Å². The molecule has 2 amide bonds. The molecule has 154 valence electrons. The lowest BCUT2D eigenvalue weighted by Gasteiger charge is -2.23. The van der Waals surface area contributed by atoms with Crippen LogP contribution in [0.4, 0.5) is 8.78 Å². The molecular weight excluding hydrogens is 390 g/mol. The molecule has 2 atom stereocenters. The SMILES string of the molecule is CC[C@H](C)NC(=O)[C@H]1CSCN1C(=O)/C=C\c1ccc(OC(F)F)c(OC)c1. The Labute approximate surface area is 167 Å². The van der Waals surface area contributed by atoms with Crippen LogP contribution in [0.15, 0.2) is 24.3 Å². The van der Waals surface area contributed by atoms with Crippen LogP contribution in [0.3, 0.4) is 0 Å². The Morgan fingerprint density at radius 3 is 2.79 bits per heavy atom. The summed E-state index contributed by atoms with van der Waals surface area (Å²) in [5.74, 6) is 0.593. The first-order chi connectivity index (χ1) is 13.3. The van der Waals surface area contributed by atoms with Crippen LogP contribution in [0.1, 0.15) is 25.8 Å². The molecule has 0 saturated carbocycles. The maximum Gasteiger partial charge on any atom is 0.387 e. The summed E-state index contributed by atoms with van der Waals surface area (Å²) in [5, 5.41) is 2.91. The standard InChI is InChI=1S/C19H24F2N2O4S/c1-4-12(2)22-18(25)14-10-28-11-23(14)17(24)8-6-13-5-7-15(27-19(20)21)16(9-13)26-3/h5-9,12,14,19H,4,10-11H2,1-3H3,(H,22,25)/b8-6-/t12-,14+/m0/s1. The van der Waals surface area contributed by atoms with Gasteiger partial charge in [-0.15, -0.1) is 11.8 Å². The van der Waals surface area contributed by atoms with Crippen molar-refractivity contribution in [2.24, 2.45) is 0 Å². The van der Waals surface area contributed by atoms with Gasteiger partial charge in [0.15, 0.2) is 11.5 Å². The van der Waals surface area contributed by atoms with Crippen molar-refractivity contribution in [2.45, 2.75) is 39.0 Å². The molecule has 1 aromatic rings. The molecule has 1 aliphatic heterocycles. The van der Waals surface area contributed by atoms with E-state index in [1.807, 2.05) is 13.8 Å². The van der Waals surface area contributed by atoms with Crippen LogP contribution in [0.25, 0.3) is 6.08 Å². The van der Waals surface area contributed by atoms with Crippen molar-refractivity contribution in [3.8, 4) is 11.5 Å². The zero-order valence-corrected chi connectivity index (χ0v) is 16.8. The van der Waals surface area contributed by atoms with Crippen LogP contribution in [0, 0.1) is 0 Å². The summed E-state index contributed by atoms with van der Waals surface area (Å²) >= 11 is 1.52. The van der Waals surface area contributed by atoms with Gasteiger partial charge in [0, 0.05) is 17.9 Å². The number of hydrogen-bond acceptors (Lipinski definition) is 5. The molecule has 1 saturated heterocycles. The fourth-order valence-electron chi connectivity index (χ4n) is 2.56. The third-order valence-electron chi connectivity index (χ3n) is 4.29. The summed E-state index contributed by atoms with van der Waals surface area (Å²) < 4.78 is 34.2. The summed E-state index contributed by atoms with van der Waals surface area (Å²) in [4.78, 5) is 26.4. The van der Waals surface area contributed by atoms with E-state index >= 15 is 0 Å². The van der Waals surface area contributed by atoms with E-state index in [9.17, 15) is 18.4 Å². The van der Waals surface area contributed by atoms with Gasteiger partial charge in [0.05, 0.1) is 13.0 Å². The molecule has 9 heteroatoms. The average Bonchev–Trinajstić information content (AvgIpc) is 3.16. The number of rotatable bonds is 8. The molecular formula is C19H24F2N2O4S. The molecule has 1 fully saturated rings. The lowest BCUT2D eigenvalue weighted by molar-refractivity contribution is -0.135. The maximum absolute atomic E-state index is 12.5. The number of thioether (sulfide) groups is 1. The number of carbonyl (C=O) groups is 2. The van der Waals surface area contributed by atoms with E-state index in [4.69, 9.17) is 4.74 Å². The van der Waals surface area contributed by atoms with Gasteiger partial charge in [0.2, 0.25) is 11.8 Å². The van der Waals surface area contributed by atoms with Crippen LogP contribution >= 0.6 is 11.8 Å². The number of methoxy groups -OCH3 is 1. The number of ether oxygens (including phenoxy) is 2. The van der Waals surface area contributed by atoms with Crippen molar-refractivity contribution in [3.05, 3.63) is 29.8 Å². The van der Waals surface area contributed by atoms with Crippen molar-refractivity contribution >= 4 is 29.7 Å². The van der Waals surface area contributed by atoms with Crippen molar-refractivity contribution in [3.63, 3.8) is 0 Å². The Morgan fingerprint density at radius 1 is 1.39 bits per heavy atom. The Morgan fingerprint density at radius 2 is 2.14 bits per heavy atom. The molecule has 0 unspecified atom stereocenters. The second-order valence-corrected chi connectivity index (χ2v) is 7.26. The monoisotopic (exact) mass is 414 g/mol. The van der Waals surface area contributed by atoms with Gasteiger partial charge in [-0.05, 0) is 37.1 Å². The Hall–Kier alpha value is -2.29. The van der Waals surface area contributed by atoms with Gasteiger partial charge in [-0.25, -0.2) is 0 Å². The van der Waals surface area contributed by atoms with E-state index in [1.165, 1.54) is 48.0 Å². The van der Waals surface area contributed by atoms with Gasteiger partial charge >= 0.3 is 6.61 Å². The topological polar surface area (TPSA) is 67.9 Å². The molecule has 0 spiro atoms. The lowest BCUT2D eigenvalue weighted by atomic mass is 10.1. The normalized spacial score (nSPS) is 17.8. The number of amides is 2. The van der Waals surface area contributed by atoms with Crippen LogP contribution < -0.4 is 14.8 Å². The smallest absolute Gasteiger partial charge is 0.387 e. The van der Waals surface area contributed by atoms with Crippen LogP contribution in [-0.2, 0) is 9.59 Å². The Bertz CT molecular complexity index is 730. The Balaban J connectivity index is 2.06. The minimum absolute atomic E-state index is 0.0482. The number of halogens is 2. The fourth-order valence-corrected chi connectivity index (χ4v) is 3.73. The van der Waals surface area contributed by atoms with Gasteiger partial charge < -0.3 is 19.7 Å². The van der Waals surface area contributed by atoms with E-state index in [1.54, 1.807) is 6.08 Å². The number of nitrogens with one attached hydrogen (secondary N) is 1. The molecule has 0 radical (unpaired) electrons. The third kappa shape index (κ3) is 5.85. The predicted octanol–water partition coefficient (Wildman–Crippen LogP) is 3.13. The van der Waals surface area contributed by atoms with E-state index in [0.717, 1.165) is 6.42 Å². The first-order valence-corrected chi connectivity index (χ1v) is 10.0. The molecule has 0 bridgehead atoms.